The van der Waals surface area contributed by atoms with Crippen molar-refractivity contribution < 1.29 is 9.47 Å². The van der Waals surface area contributed by atoms with E-state index in [4.69, 9.17) is 9.47 Å². The van der Waals surface area contributed by atoms with Crippen LogP contribution in [-0.2, 0) is 4.74 Å². The fourth-order valence-electron chi connectivity index (χ4n) is 2.39. The van der Waals surface area contributed by atoms with Gasteiger partial charge in [0, 0.05) is 18.6 Å². The summed E-state index contributed by atoms with van der Waals surface area (Å²) in [6, 6.07) is 8.91. The monoisotopic (exact) mass is 294 g/mol. The number of benzene rings is 1. The first kappa shape index (κ1) is 18.0. The van der Waals surface area contributed by atoms with Gasteiger partial charge in [0.25, 0.3) is 0 Å². The van der Waals surface area contributed by atoms with Gasteiger partial charge in [0.1, 0.15) is 5.75 Å². The van der Waals surface area contributed by atoms with Crippen molar-refractivity contribution in [1.29, 1.82) is 0 Å². The van der Waals surface area contributed by atoms with E-state index in [1.807, 2.05) is 19.2 Å². The topological polar surface area (TPSA) is 33.7 Å². The van der Waals surface area contributed by atoms with Crippen molar-refractivity contribution in [2.45, 2.75) is 39.0 Å². The molecule has 4 heteroatoms. The summed E-state index contributed by atoms with van der Waals surface area (Å²) < 4.78 is 10.9. The molecule has 0 amide bonds. The van der Waals surface area contributed by atoms with E-state index in [1.165, 1.54) is 5.56 Å². The Bertz CT molecular complexity index is 392. The second kappa shape index (κ2) is 9.03. The molecule has 1 aromatic carbocycles. The van der Waals surface area contributed by atoms with Crippen LogP contribution >= 0.6 is 0 Å². The SMILES string of the molecule is CNC(c1ccc(OC)cc1)C(C)N(C)CCOC(C)C. The van der Waals surface area contributed by atoms with E-state index in [-0.39, 0.29) is 12.1 Å². The summed E-state index contributed by atoms with van der Waals surface area (Å²) in [6.45, 7) is 8.06. The van der Waals surface area contributed by atoms with E-state index in [0.29, 0.717) is 6.04 Å². The number of likely N-dealkylation sites (N-methyl/N-ethyl adjacent to an activating group) is 2. The Morgan fingerprint density at radius 1 is 1.14 bits per heavy atom. The van der Waals surface area contributed by atoms with Gasteiger partial charge < -0.3 is 14.8 Å². The molecule has 0 aromatic heterocycles. The number of nitrogens with zero attached hydrogens (tertiary/aromatic N) is 1. The maximum absolute atomic E-state index is 5.63. The molecule has 0 fully saturated rings. The van der Waals surface area contributed by atoms with Gasteiger partial charge in [-0.25, -0.2) is 0 Å². The summed E-state index contributed by atoms with van der Waals surface area (Å²) >= 11 is 0. The quantitative estimate of drug-likeness (QED) is 0.759. The molecular weight excluding hydrogens is 264 g/mol. The van der Waals surface area contributed by atoms with Crippen molar-refractivity contribution >= 4 is 0 Å². The fourth-order valence-corrected chi connectivity index (χ4v) is 2.39. The number of nitrogens with one attached hydrogen (secondary N) is 1. The third-order valence-electron chi connectivity index (χ3n) is 3.86. The molecule has 0 saturated carbocycles. The minimum Gasteiger partial charge on any atom is -0.497 e. The third kappa shape index (κ3) is 5.65. The van der Waals surface area contributed by atoms with Gasteiger partial charge in [-0.3, -0.25) is 4.90 Å². The summed E-state index contributed by atoms with van der Waals surface area (Å²) in [4.78, 5) is 2.33. The highest BCUT2D eigenvalue weighted by atomic mass is 16.5. The zero-order chi connectivity index (χ0) is 15.8. The van der Waals surface area contributed by atoms with Gasteiger partial charge in [-0.05, 0) is 52.6 Å². The van der Waals surface area contributed by atoms with Crippen LogP contribution in [0.5, 0.6) is 5.75 Å². The molecule has 1 rings (SSSR count). The van der Waals surface area contributed by atoms with Gasteiger partial charge >= 0.3 is 0 Å². The molecule has 0 spiro atoms. The highest BCUT2D eigenvalue weighted by Crippen LogP contribution is 2.22. The molecule has 1 N–H and O–H groups in total. The lowest BCUT2D eigenvalue weighted by atomic mass is 9.99. The van der Waals surface area contributed by atoms with Gasteiger partial charge in [0.05, 0.1) is 19.8 Å². The molecule has 0 aliphatic heterocycles. The number of hydrogen-bond acceptors (Lipinski definition) is 4. The van der Waals surface area contributed by atoms with Crippen LogP contribution in [0, 0.1) is 0 Å². The molecular formula is C17H30N2O2. The highest BCUT2D eigenvalue weighted by Gasteiger charge is 2.21. The van der Waals surface area contributed by atoms with Crippen LogP contribution in [0.15, 0.2) is 24.3 Å². The maximum atomic E-state index is 5.63. The molecule has 4 nitrogen and oxygen atoms in total. The van der Waals surface area contributed by atoms with E-state index in [9.17, 15) is 0 Å². The molecule has 1 aromatic rings. The summed E-state index contributed by atoms with van der Waals surface area (Å²) in [5.41, 5.74) is 1.27. The Balaban J connectivity index is 2.64. The number of hydrogen-bond donors (Lipinski definition) is 1. The second-order valence-electron chi connectivity index (χ2n) is 5.68. The van der Waals surface area contributed by atoms with Gasteiger partial charge in [-0.1, -0.05) is 12.1 Å². The van der Waals surface area contributed by atoms with Gasteiger partial charge in [-0.2, -0.15) is 0 Å². The van der Waals surface area contributed by atoms with Crippen LogP contribution in [0.3, 0.4) is 0 Å². The molecule has 0 radical (unpaired) electrons. The lowest BCUT2D eigenvalue weighted by Crippen LogP contribution is -2.41. The first-order valence-corrected chi connectivity index (χ1v) is 7.62. The Morgan fingerprint density at radius 3 is 2.24 bits per heavy atom. The average Bonchev–Trinajstić information content (AvgIpc) is 2.48. The first-order valence-electron chi connectivity index (χ1n) is 7.62. The summed E-state index contributed by atoms with van der Waals surface area (Å²) in [7, 11) is 5.84. The van der Waals surface area contributed by atoms with Crippen molar-refractivity contribution in [3.8, 4) is 5.75 Å². The van der Waals surface area contributed by atoms with Crippen LogP contribution in [-0.4, -0.2) is 51.4 Å². The van der Waals surface area contributed by atoms with Crippen molar-refractivity contribution in [3.63, 3.8) is 0 Å². The van der Waals surface area contributed by atoms with Gasteiger partial charge in [0.15, 0.2) is 0 Å². The normalized spacial score (nSPS) is 14.5. The van der Waals surface area contributed by atoms with E-state index in [1.54, 1.807) is 7.11 Å². The zero-order valence-electron chi connectivity index (χ0n) is 14.2. The summed E-state index contributed by atoms with van der Waals surface area (Å²) in [6.07, 6.45) is 0.287. The molecule has 0 bridgehead atoms. The Hall–Kier alpha value is -1.10. The average molecular weight is 294 g/mol. The molecule has 120 valence electrons. The van der Waals surface area contributed by atoms with Crippen molar-refractivity contribution in [2.24, 2.45) is 0 Å². The predicted molar refractivity (Wildman–Crippen MR) is 88.0 cm³/mol. The molecule has 21 heavy (non-hydrogen) atoms. The number of methoxy groups -OCH3 is 1. The van der Waals surface area contributed by atoms with E-state index in [2.05, 4.69) is 50.2 Å². The first-order chi connectivity index (χ1) is 9.99. The molecule has 0 saturated heterocycles. The van der Waals surface area contributed by atoms with Crippen molar-refractivity contribution in [2.75, 3.05) is 34.4 Å². The van der Waals surface area contributed by atoms with Crippen LogP contribution in [0.2, 0.25) is 0 Å². The fraction of sp³-hybridized carbons (Fsp3) is 0.647. The molecule has 0 heterocycles. The Kier molecular flexibility index (Phi) is 7.72. The van der Waals surface area contributed by atoms with Gasteiger partial charge in [-0.15, -0.1) is 0 Å². The van der Waals surface area contributed by atoms with E-state index < -0.39 is 0 Å². The van der Waals surface area contributed by atoms with Crippen LogP contribution < -0.4 is 10.1 Å². The van der Waals surface area contributed by atoms with E-state index in [0.717, 1.165) is 18.9 Å². The third-order valence-corrected chi connectivity index (χ3v) is 3.86. The van der Waals surface area contributed by atoms with Gasteiger partial charge in [0.2, 0.25) is 0 Å². The summed E-state index contributed by atoms with van der Waals surface area (Å²) in [5.74, 6) is 0.889. The molecule has 2 unspecified atom stereocenters. The molecule has 0 aliphatic rings. The minimum atomic E-state index is 0.278. The Morgan fingerprint density at radius 2 is 1.76 bits per heavy atom. The maximum Gasteiger partial charge on any atom is 0.118 e. The number of ether oxygens (including phenoxy) is 2. The smallest absolute Gasteiger partial charge is 0.118 e. The van der Waals surface area contributed by atoms with Crippen LogP contribution in [0.4, 0.5) is 0 Å². The van der Waals surface area contributed by atoms with Crippen LogP contribution in [0.1, 0.15) is 32.4 Å². The molecule has 2 atom stereocenters. The predicted octanol–water partition coefficient (Wildman–Crippen LogP) is 2.70. The van der Waals surface area contributed by atoms with Crippen molar-refractivity contribution in [1.82, 2.24) is 10.2 Å². The number of rotatable bonds is 9. The minimum absolute atomic E-state index is 0.278. The lowest BCUT2D eigenvalue weighted by molar-refractivity contribution is 0.0537. The zero-order valence-corrected chi connectivity index (χ0v) is 14.2. The van der Waals surface area contributed by atoms with Crippen LogP contribution in [0.25, 0.3) is 0 Å². The standard InChI is InChI=1S/C17H30N2O2/c1-13(2)21-12-11-19(5)14(3)17(18-4)15-7-9-16(20-6)10-8-15/h7-10,13-14,17-18H,11-12H2,1-6H3. The van der Waals surface area contributed by atoms with Crippen molar-refractivity contribution in [3.05, 3.63) is 29.8 Å². The second-order valence-corrected chi connectivity index (χ2v) is 5.68. The highest BCUT2D eigenvalue weighted by molar-refractivity contribution is 5.29. The summed E-state index contributed by atoms with van der Waals surface area (Å²) in [5, 5.41) is 3.41. The lowest BCUT2D eigenvalue weighted by Gasteiger charge is -2.32. The molecule has 0 aliphatic carbocycles. The van der Waals surface area contributed by atoms with E-state index >= 15 is 0 Å². The largest absolute Gasteiger partial charge is 0.497 e. The Labute approximate surface area is 129 Å².